The number of carbonyl (C=O) groups is 1. The highest BCUT2D eigenvalue weighted by atomic mass is 16.5. The number of rotatable bonds is 5. The Morgan fingerprint density at radius 1 is 1.12 bits per heavy atom. The molecule has 5 rings (SSSR count). The highest BCUT2D eigenvalue weighted by Gasteiger charge is 2.33. The van der Waals surface area contributed by atoms with Crippen LogP contribution in [-0.4, -0.2) is 26.5 Å². The van der Waals surface area contributed by atoms with Crippen LogP contribution in [-0.2, 0) is 11.3 Å². The van der Waals surface area contributed by atoms with Crippen LogP contribution in [0.1, 0.15) is 5.69 Å². The van der Waals surface area contributed by atoms with Crippen molar-refractivity contribution < 1.29 is 9.53 Å². The molecule has 7 heteroatoms. The summed E-state index contributed by atoms with van der Waals surface area (Å²) in [5.41, 5.74) is 10.5. The predicted molar refractivity (Wildman–Crippen MR) is 125 cm³/mol. The van der Waals surface area contributed by atoms with Crippen molar-refractivity contribution >= 4 is 28.3 Å². The van der Waals surface area contributed by atoms with Gasteiger partial charge in [-0.2, -0.15) is 0 Å². The molecule has 2 aromatic carbocycles. The minimum atomic E-state index is -0.254. The van der Waals surface area contributed by atoms with Crippen LogP contribution in [0.15, 0.2) is 80.2 Å². The number of nitrogens with one attached hydrogen (secondary N) is 1. The Morgan fingerprint density at radius 3 is 2.56 bits per heavy atom. The van der Waals surface area contributed by atoms with Crippen molar-refractivity contribution in [1.82, 2.24) is 19.9 Å². The van der Waals surface area contributed by atoms with Crippen molar-refractivity contribution in [3.63, 3.8) is 0 Å². The van der Waals surface area contributed by atoms with Gasteiger partial charge >= 0.3 is 0 Å². The molecular weight excluding hydrogens is 402 g/mol. The number of para-hydroxylation sites is 1. The Labute approximate surface area is 184 Å². The summed E-state index contributed by atoms with van der Waals surface area (Å²) in [5, 5.41) is 3.71. The molecule has 0 unspecified atom stereocenters. The fourth-order valence-electron chi connectivity index (χ4n) is 4.12. The Morgan fingerprint density at radius 2 is 1.84 bits per heavy atom. The molecule has 2 aromatic heterocycles. The standard InChI is InChI=1S/C25H21N5O2/c1-3-20(31)29-19-13-30-23(15(19)2)21(22-24(26)27-14-28-25(22)30)16-9-11-18(12-10-16)32-17-7-5-4-6-8-17/h3-12,14,19H,1-2,13H2,(H,29,31)(H2,26,27,28)/t19-/m1/s1. The molecule has 0 fully saturated rings. The van der Waals surface area contributed by atoms with E-state index in [9.17, 15) is 4.79 Å². The lowest BCUT2D eigenvalue weighted by molar-refractivity contribution is -0.116. The first kappa shape index (κ1) is 19.6. The van der Waals surface area contributed by atoms with E-state index in [0.717, 1.165) is 39.3 Å². The molecule has 7 nitrogen and oxygen atoms in total. The van der Waals surface area contributed by atoms with E-state index < -0.39 is 0 Å². The van der Waals surface area contributed by atoms with Crippen LogP contribution in [0.5, 0.6) is 11.5 Å². The second kappa shape index (κ2) is 7.70. The highest BCUT2D eigenvalue weighted by molar-refractivity contribution is 6.07. The Bertz CT molecular complexity index is 1360. The first-order valence-corrected chi connectivity index (χ1v) is 10.1. The number of ether oxygens (including phenoxy) is 1. The molecule has 0 saturated heterocycles. The molecular formula is C25H21N5O2. The Balaban J connectivity index is 1.58. The van der Waals surface area contributed by atoms with Gasteiger partial charge in [-0.05, 0) is 41.5 Å². The summed E-state index contributed by atoms with van der Waals surface area (Å²) in [6.45, 7) is 8.31. The monoisotopic (exact) mass is 423 g/mol. The molecule has 1 atom stereocenters. The van der Waals surface area contributed by atoms with E-state index in [0.29, 0.717) is 18.0 Å². The van der Waals surface area contributed by atoms with Gasteiger partial charge in [0.05, 0.1) is 17.1 Å². The van der Waals surface area contributed by atoms with Gasteiger partial charge in [-0.3, -0.25) is 4.79 Å². The molecule has 3 heterocycles. The molecule has 1 aliphatic rings. The van der Waals surface area contributed by atoms with Crippen molar-refractivity contribution in [1.29, 1.82) is 0 Å². The van der Waals surface area contributed by atoms with Crippen molar-refractivity contribution in [3.05, 3.63) is 85.9 Å². The molecule has 0 bridgehead atoms. The van der Waals surface area contributed by atoms with Gasteiger partial charge in [0, 0.05) is 12.1 Å². The van der Waals surface area contributed by atoms with Gasteiger partial charge in [0.15, 0.2) is 0 Å². The SMILES string of the molecule is C=CC(=O)N[C@@H]1Cn2c(c(-c3ccc(Oc4ccccc4)cc3)c3c(N)ncnc32)C1=C. The van der Waals surface area contributed by atoms with E-state index in [1.165, 1.54) is 12.4 Å². The lowest BCUT2D eigenvalue weighted by Crippen LogP contribution is -2.33. The molecule has 3 N–H and O–H groups in total. The largest absolute Gasteiger partial charge is 0.457 e. The van der Waals surface area contributed by atoms with Gasteiger partial charge in [-0.1, -0.05) is 43.5 Å². The summed E-state index contributed by atoms with van der Waals surface area (Å²) in [6.07, 6.45) is 2.70. The smallest absolute Gasteiger partial charge is 0.243 e. The van der Waals surface area contributed by atoms with Gasteiger partial charge in [-0.25, -0.2) is 9.97 Å². The topological polar surface area (TPSA) is 95.1 Å². The second-order valence-electron chi connectivity index (χ2n) is 7.52. The third kappa shape index (κ3) is 3.20. The number of amides is 1. The number of fused-ring (bicyclic) bond motifs is 3. The fraction of sp³-hybridized carbons (Fsp3) is 0.0800. The van der Waals surface area contributed by atoms with Crippen LogP contribution < -0.4 is 15.8 Å². The van der Waals surface area contributed by atoms with E-state index in [2.05, 4.69) is 28.4 Å². The number of aromatic nitrogens is 3. The van der Waals surface area contributed by atoms with Gasteiger partial charge in [0.1, 0.15) is 29.3 Å². The van der Waals surface area contributed by atoms with Crippen LogP contribution in [0.2, 0.25) is 0 Å². The number of hydrogen-bond acceptors (Lipinski definition) is 5. The summed E-state index contributed by atoms with van der Waals surface area (Å²) >= 11 is 0. The maximum absolute atomic E-state index is 11.9. The third-order valence-corrected chi connectivity index (χ3v) is 5.58. The van der Waals surface area contributed by atoms with Crippen LogP contribution in [0.3, 0.4) is 0 Å². The minimum absolute atomic E-state index is 0.246. The molecule has 158 valence electrons. The van der Waals surface area contributed by atoms with Gasteiger partial charge in [0.2, 0.25) is 5.91 Å². The lowest BCUT2D eigenvalue weighted by atomic mass is 9.97. The minimum Gasteiger partial charge on any atom is -0.457 e. The van der Waals surface area contributed by atoms with Crippen LogP contribution >= 0.6 is 0 Å². The van der Waals surface area contributed by atoms with Crippen LogP contribution in [0.25, 0.3) is 27.7 Å². The van der Waals surface area contributed by atoms with Crippen molar-refractivity contribution in [2.45, 2.75) is 12.6 Å². The summed E-state index contributed by atoms with van der Waals surface area (Å²) in [4.78, 5) is 20.6. The molecule has 0 saturated carbocycles. The zero-order chi connectivity index (χ0) is 22.2. The molecule has 0 spiro atoms. The Hall–Kier alpha value is -4.39. The fourth-order valence-corrected chi connectivity index (χ4v) is 4.12. The normalized spacial score (nSPS) is 14.9. The zero-order valence-electron chi connectivity index (χ0n) is 17.3. The Kier molecular flexibility index (Phi) is 4.71. The maximum Gasteiger partial charge on any atom is 0.243 e. The average Bonchev–Trinajstić information content (AvgIpc) is 3.30. The number of benzene rings is 2. The number of hydrogen-bond donors (Lipinski definition) is 2. The first-order chi connectivity index (χ1) is 15.6. The van der Waals surface area contributed by atoms with Crippen molar-refractivity contribution in [3.8, 4) is 22.6 Å². The predicted octanol–water partition coefficient (Wildman–Crippen LogP) is 4.17. The number of carbonyl (C=O) groups excluding carboxylic acids is 1. The molecule has 4 aromatic rings. The molecule has 0 aliphatic carbocycles. The number of nitrogens with two attached hydrogens (primary N) is 1. The average molecular weight is 423 g/mol. The molecule has 0 radical (unpaired) electrons. The summed E-state index contributed by atoms with van der Waals surface area (Å²) in [6, 6.07) is 17.1. The van der Waals surface area contributed by atoms with Gasteiger partial charge < -0.3 is 20.4 Å². The lowest BCUT2D eigenvalue weighted by Gasteiger charge is -2.13. The van der Waals surface area contributed by atoms with Gasteiger partial charge in [-0.15, -0.1) is 0 Å². The van der Waals surface area contributed by atoms with E-state index in [4.69, 9.17) is 10.5 Å². The number of anilines is 1. The number of nitrogens with zero attached hydrogens (tertiary/aromatic N) is 3. The highest BCUT2D eigenvalue weighted by Crippen LogP contribution is 2.44. The van der Waals surface area contributed by atoms with Crippen LogP contribution in [0, 0.1) is 0 Å². The van der Waals surface area contributed by atoms with E-state index in [1.807, 2.05) is 59.2 Å². The summed E-state index contributed by atoms with van der Waals surface area (Å²) in [7, 11) is 0. The first-order valence-electron chi connectivity index (χ1n) is 10.1. The maximum atomic E-state index is 11.9. The van der Waals surface area contributed by atoms with E-state index >= 15 is 0 Å². The molecule has 1 aliphatic heterocycles. The van der Waals surface area contributed by atoms with Gasteiger partial charge in [0.25, 0.3) is 0 Å². The van der Waals surface area contributed by atoms with E-state index in [-0.39, 0.29) is 11.9 Å². The third-order valence-electron chi connectivity index (χ3n) is 5.58. The summed E-state index contributed by atoms with van der Waals surface area (Å²) in [5.74, 6) is 1.64. The molecule has 1 amide bonds. The van der Waals surface area contributed by atoms with E-state index in [1.54, 1.807) is 0 Å². The van der Waals surface area contributed by atoms with Crippen LogP contribution in [0.4, 0.5) is 5.82 Å². The number of nitrogen functional groups attached to an aromatic ring is 1. The second-order valence-corrected chi connectivity index (χ2v) is 7.52. The zero-order valence-corrected chi connectivity index (χ0v) is 17.3. The summed E-state index contributed by atoms with van der Waals surface area (Å²) < 4.78 is 7.95. The molecule has 32 heavy (non-hydrogen) atoms. The quantitative estimate of drug-likeness (QED) is 0.470. The van der Waals surface area contributed by atoms with Crippen molar-refractivity contribution in [2.75, 3.05) is 5.73 Å². The van der Waals surface area contributed by atoms with Crippen molar-refractivity contribution in [2.24, 2.45) is 0 Å².